The molecule has 4 nitrogen and oxygen atoms in total. The Labute approximate surface area is 146 Å². The molecule has 0 spiro atoms. The van der Waals surface area contributed by atoms with Gasteiger partial charge in [-0.15, -0.1) is 0 Å². The quantitative estimate of drug-likeness (QED) is 0.909. The van der Waals surface area contributed by atoms with Crippen LogP contribution in [0.5, 0.6) is 0 Å². The number of hydrogen-bond acceptors (Lipinski definition) is 3. The van der Waals surface area contributed by atoms with Gasteiger partial charge >= 0.3 is 0 Å². The Morgan fingerprint density at radius 3 is 2.76 bits per heavy atom. The van der Waals surface area contributed by atoms with Gasteiger partial charge in [-0.25, -0.2) is 9.37 Å². The number of carbonyl (C=O) groups is 1. The number of hydrogen-bond donors (Lipinski definition) is 1. The molecule has 1 aliphatic heterocycles. The predicted octanol–water partition coefficient (Wildman–Crippen LogP) is 3.05. The van der Waals surface area contributed by atoms with Crippen LogP contribution in [0.4, 0.5) is 4.39 Å². The van der Waals surface area contributed by atoms with Crippen LogP contribution in [0.25, 0.3) is 5.52 Å². The normalized spacial score (nSPS) is 28.4. The number of nitrogens with zero attached hydrogens (tertiary/aromatic N) is 2. The second kappa shape index (κ2) is 5.13. The summed E-state index contributed by atoms with van der Waals surface area (Å²) in [6.45, 7) is 6.09. The van der Waals surface area contributed by atoms with Crippen LogP contribution in [0, 0.1) is 23.6 Å². The van der Waals surface area contributed by atoms with Crippen molar-refractivity contribution >= 4 is 11.3 Å². The van der Waals surface area contributed by atoms with Crippen LogP contribution in [0.3, 0.4) is 0 Å². The van der Waals surface area contributed by atoms with Crippen molar-refractivity contribution in [1.29, 1.82) is 0 Å². The molecular weight excluding hydrogens is 317 g/mol. The second-order valence-electron chi connectivity index (χ2n) is 8.71. The maximum atomic E-state index is 14.5. The summed E-state index contributed by atoms with van der Waals surface area (Å²) >= 11 is 0. The third kappa shape index (κ3) is 2.35. The van der Waals surface area contributed by atoms with Gasteiger partial charge < -0.3 is 9.72 Å². The van der Waals surface area contributed by atoms with Crippen LogP contribution >= 0.6 is 0 Å². The Morgan fingerprint density at radius 1 is 1.36 bits per heavy atom. The molecule has 0 radical (unpaired) electrons. The SMILES string of the molecule is CC(C)(CC(=O)C1[C@H]2CNC[C@@H]12)c1nc(C2CC2)c2c(F)cccn12. The molecule has 1 saturated heterocycles. The number of halogens is 1. The van der Waals surface area contributed by atoms with Gasteiger partial charge in [0, 0.05) is 29.9 Å². The van der Waals surface area contributed by atoms with E-state index in [9.17, 15) is 9.18 Å². The minimum absolute atomic E-state index is 0.215. The highest BCUT2D eigenvalue weighted by molar-refractivity contribution is 5.86. The van der Waals surface area contributed by atoms with Crippen molar-refractivity contribution in [2.75, 3.05) is 13.1 Å². The third-order valence-electron chi connectivity index (χ3n) is 6.29. The van der Waals surface area contributed by atoms with E-state index in [1.54, 1.807) is 6.07 Å². The molecule has 3 heterocycles. The molecule has 2 saturated carbocycles. The summed E-state index contributed by atoms with van der Waals surface area (Å²) in [7, 11) is 0. The summed E-state index contributed by atoms with van der Waals surface area (Å²) in [5.41, 5.74) is 1.08. The fourth-order valence-corrected chi connectivity index (χ4v) is 4.77. The van der Waals surface area contributed by atoms with E-state index in [1.807, 2.05) is 10.6 Å². The van der Waals surface area contributed by atoms with Gasteiger partial charge in [0.1, 0.15) is 22.9 Å². The summed E-state index contributed by atoms with van der Waals surface area (Å²) in [5, 5.41) is 3.34. The molecule has 0 bridgehead atoms. The van der Waals surface area contributed by atoms with Crippen LogP contribution in [-0.2, 0) is 10.2 Å². The lowest BCUT2D eigenvalue weighted by Gasteiger charge is -2.23. The van der Waals surface area contributed by atoms with Gasteiger partial charge in [0.25, 0.3) is 0 Å². The standard InChI is InChI=1S/C20H24FN3O/c1-20(2,8-15(25)16-12-9-22-10-13(12)16)19-23-17(11-5-6-11)18-14(21)4-3-7-24(18)19/h3-4,7,11-13,16,22H,5-6,8-10H2,1-2H3/t12-,13+,16?. The molecule has 3 atom stereocenters. The van der Waals surface area contributed by atoms with Crippen molar-refractivity contribution in [1.82, 2.24) is 14.7 Å². The van der Waals surface area contributed by atoms with Crippen LogP contribution in [0.2, 0.25) is 0 Å². The van der Waals surface area contributed by atoms with Gasteiger partial charge in [-0.2, -0.15) is 0 Å². The summed E-state index contributed by atoms with van der Waals surface area (Å²) in [6.07, 6.45) is 4.52. The lowest BCUT2D eigenvalue weighted by Crippen LogP contribution is -2.28. The molecule has 5 heteroatoms. The largest absolute Gasteiger partial charge is 0.316 e. The number of nitrogens with one attached hydrogen (secondary N) is 1. The van der Waals surface area contributed by atoms with Crippen LogP contribution in [0.1, 0.15) is 50.5 Å². The molecular formula is C20H24FN3O. The number of pyridine rings is 1. The predicted molar refractivity (Wildman–Crippen MR) is 93.1 cm³/mol. The average Bonchev–Trinajstić information content (AvgIpc) is 3.43. The van der Waals surface area contributed by atoms with Gasteiger partial charge in [0.2, 0.25) is 0 Å². The number of imidazole rings is 1. The van der Waals surface area contributed by atoms with E-state index in [4.69, 9.17) is 4.98 Å². The summed E-state index contributed by atoms with van der Waals surface area (Å²) in [5.74, 6) is 2.64. The lowest BCUT2D eigenvalue weighted by atomic mass is 9.84. The molecule has 132 valence electrons. The smallest absolute Gasteiger partial charge is 0.149 e. The highest BCUT2D eigenvalue weighted by Crippen LogP contribution is 2.51. The zero-order valence-corrected chi connectivity index (χ0v) is 14.8. The van der Waals surface area contributed by atoms with Crippen molar-refractivity contribution < 1.29 is 9.18 Å². The molecule has 2 aromatic rings. The van der Waals surface area contributed by atoms with E-state index >= 15 is 0 Å². The molecule has 3 aliphatic rings. The molecule has 2 aromatic heterocycles. The first kappa shape index (κ1) is 15.5. The molecule has 2 aliphatic carbocycles. The minimum Gasteiger partial charge on any atom is -0.316 e. The summed E-state index contributed by atoms with van der Waals surface area (Å²) < 4.78 is 16.3. The van der Waals surface area contributed by atoms with E-state index in [0.717, 1.165) is 37.4 Å². The topological polar surface area (TPSA) is 46.4 Å². The number of rotatable bonds is 5. The van der Waals surface area contributed by atoms with Crippen molar-refractivity contribution in [2.24, 2.45) is 17.8 Å². The zero-order valence-electron chi connectivity index (χ0n) is 14.8. The minimum atomic E-state index is -0.398. The van der Waals surface area contributed by atoms with E-state index in [-0.39, 0.29) is 11.7 Å². The fourth-order valence-electron chi connectivity index (χ4n) is 4.77. The molecule has 25 heavy (non-hydrogen) atoms. The van der Waals surface area contributed by atoms with Crippen LogP contribution in [0.15, 0.2) is 18.3 Å². The van der Waals surface area contributed by atoms with Crippen LogP contribution < -0.4 is 5.32 Å². The second-order valence-corrected chi connectivity index (χ2v) is 8.71. The van der Waals surface area contributed by atoms with Gasteiger partial charge in [0.15, 0.2) is 0 Å². The first-order chi connectivity index (χ1) is 12.0. The molecule has 1 unspecified atom stereocenters. The number of ketones is 1. The Bertz CT molecular complexity index is 857. The average molecular weight is 341 g/mol. The monoisotopic (exact) mass is 341 g/mol. The summed E-state index contributed by atoms with van der Waals surface area (Å²) in [4.78, 5) is 17.7. The van der Waals surface area contributed by atoms with Gasteiger partial charge in [-0.05, 0) is 49.9 Å². The van der Waals surface area contributed by atoms with Gasteiger partial charge in [-0.1, -0.05) is 13.8 Å². The van der Waals surface area contributed by atoms with E-state index in [1.165, 1.54) is 6.07 Å². The number of carbonyl (C=O) groups excluding carboxylic acids is 1. The van der Waals surface area contributed by atoms with E-state index < -0.39 is 5.41 Å². The lowest BCUT2D eigenvalue weighted by molar-refractivity contribution is -0.122. The molecule has 0 amide bonds. The molecule has 3 fully saturated rings. The van der Waals surface area contributed by atoms with Gasteiger partial charge in [0.05, 0.1) is 5.69 Å². The maximum absolute atomic E-state index is 14.5. The van der Waals surface area contributed by atoms with Crippen molar-refractivity contribution in [3.8, 4) is 0 Å². The third-order valence-corrected chi connectivity index (χ3v) is 6.29. The van der Waals surface area contributed by atoms with E-state index in [0.29, 0.717) is 35.5 Å². The van der Waals surface area contributed by atoms with Crippen molar-refractivity contribution in [3.63, 3.8) is 0 Å². The first-order valence-electron chi connectivity index (χ1n) is 9.38. The number of Topliss-reactive ketones (excluding diaryl/α,β-unsaturated/α-hetero) is 1. The summed E-state index contributed by atoms with van der Waals surface area (Å²) in [6, 6.07) is 3.22. The van der Waals surface area contributed by atoms with E-state index in [2.05, 4.69) is 19.2 Å². The zero-order chi connectivity index (χ0) is 17.3. The Morgan fingerprint density at radius 2 is 2.08 bits per heavy atom. The molecule has 1 N–H and O–H groups in total. The van der Waals surface area contributed by atoms with Gasteiger partial charge in [-0.3, -0.25) is 4.79 Å². The number of fused-ring (bicyclic) bond motifs is 2. The van der Waals surface area contributed by atoms with Crippen molar-refractivity contribution in [3.05, 3.63) is 35.7 Å². The Balaban J connectivity index is 1.49. The first-order valence-corrected chi connectivity index (χ1v) is 9.38. The molecule has 5 rings (SSSR count). The van der Waals surface area contributed by atoms with Crippen LogP contribution in [-0.4, -0.2) is 28.3 Å². The van der Waals surface area contributed by atoms with Crippen molar-refractivity contribution in [2.45, 2.75) is 44.4 Å². The molecule has 0 aromatic carbocycles. The fraction of sp³-hybridized carbons (Fsp3) is 0.600. The Hall–Kier alpha value is -1.75. The number of aromatic nitrogens is 2. The maximum Gasteiger partial charge on any atom is 0.149 e. The Kier molecular flexibility index (Phi) is 3.18. The highest BCUT2D eigenvalue weighted by atomic mass is 19.1. The number of piperidine rings is 1. The highest BCUT2D eigenvalue weighted by Gasteiger charge is 2.57.